The number of primary amides is 1. The van der Waals surface area contributed by atoms with Crippen molar-refractivity contribution in [3.63, 3.8) is 0 Å². The average molecular weight is 304 g/mol. The van der Waals surface area contributed by atoms with Crippen molar-refractivity contribution in [2.75, 3.05) is 5.32 Å². The van der Waals surface area contributed by atoms with Crippen LogP contribution in [0.15, 0.2) is 36.5 Å². The highest BCUT2D eigenvalue weighted by Crippen LogP contribution is 2.20. The molecule has 0 bridgehead atoms. The van der Waals surface area contributed by atoms with E-state index in [2.05, 4.69) is 10.3 Å². The number of carbonyl (C=O) groups is 2. The van der Waals surface area contributed by atoms with E-state index < -0.39 is 5.91 Å². The van der Waals surface area contributed by atoms with Crippen molar-refractivity contribution in [3.8, 4) is 0 Å². The van der Waals surface area contributed by atoms with Gasteiger partial charge in [-0.2, -0.15) is 0 Å². The number of hydrogen-bond donors (Lipinski definition) is 2. The third kappa shape index (κ3) is 3.79. The van der Waals surface area contributed by atoms with Gasteiger partial charge in [-0.05, 0) is 24.6 Å². The molecular formula is C15H14ClN3O2. The Morgan fingerprint density at radius 3 is 2.71 bits per heavy atom. The highest BCUT2D eigenvalue weighted by Gasteiger charge is 2.13. The van der Waals surface area contributed by atoms with E-state index in [4.69, 9.17) is 17.3 Å². The molecule has 2 amide bonds. The van der Waals surface area contributed by atoms with Crippen LogP contribution in [-0.2, 0) is 11.2 Å². The van der Waals surface area contributed by atoms with E-state index in [1.807, 2.05) is 0 Å². The molecule has 6 heteroatoms. The van der Waals surface area contributed by atoms with E-state index >= 15 is 0 Å². The predicted octanol–water partition coefficient (Wildman–Crippen LogP) is 2.32. The van der Waals surface area contributed by atoms with Crippen LogP contribution < -0.4 is 11.1 Å². The van der Waals surface area contributed by atoms with E-state index in [0.29, 0.717) is 16.3 Å². The molecular weight excluding hydrogens is 290 g/mol. The maximum Gasteiger partial charge on any atom is 0.258 e. The van der Waals surface area contributed by atoms with Crippen LogP contribution in [0.2, 0.25) is 5.02 Å². The zero-order valence-corrected chi connectivity index (χ0v) is 12.1. The number of halogens is 1. The molecule has 0 unspecified atom stereocenters. The molecule has 1 aromatic carbocycles. The maximum atomic E-state index is 12.2. The first-order valence-corrected chi connectivity index (χ1v) is 6.65. The molecule has 0 saturated heterocycles. The summed E-state index contributed by atoms with van der Waals surface area (Å²) in [7, 11) is 0. The fourth-order valence-electron chi connectivity index (χ4n) is 1.87. The Labute approximate surface area is 127 Å². The van der Waals surface area contributed by atoms with Crippen molar-refractivity contribution >= 4 is 29.1 Å². The van der Waals surface area contributed by atoms with Gasteiger partial charge in [0, 0.05) is 17.6 Å². The van der Waals surface area contributed by atoms with Crippen molar-refractivity contribution < 1.29 is 9.59 Å². The molecule has 0 aliphatic rings. The third-order valence-corrected chi connectivity index (χ3v) is 3.18. The van der Waals surface area contributed by atoms with Crippen molar-refractivity contribution in [2.45, 2.75) is 13.3 Å². The number of amides is 2. The van der Waals surface area contributed by atoms with Crippen LogP contribution >= 0.6 is 11.6 Å². The second kappa shape index (κ2) is 6.37. The van der Waals surface area contributed by atoms with Crippen LogP contribution in [0.25, 0.3) is 0 Å². The van der Waals surface area contributed by atoms with Gasteiger partial charge < -0.3 is 11.1 Å². The summed E-state index contributed by atoms with van der Waals surface area (Å²) in [5.41, 5.74) is 7.37. The van der Waals surface area contributed by atoms with Gasteiger partial charge in [0.05, 0.1) is 17.0 Å². The highest BCUT2D eigenvalue weighted by atomic mass is 35.5. The fourth-order valence-corrected chi connectivity index (χ4v) is 2.16. The van der Waals surface area contributed by atoms with Gasteiger partial charge in [0.1, 0.15) is 0 Å². The molecule has 1 heterocycles. The summed E-state index contributed by atoms with van der Waals surface area (Å²) < 4.78 is 0. The minimum absolute atomic E-state index is 0.0519. The number of nitrogens with zero attached hydrogens (tertiary/aromatic N) is 1. The molecule has 0 spiro atoms. The highest BCUT2D eigenvalue weighted by molar-refractivity contribution is 6.34. The van der Waals surface area contributed by atoms with Crippen LogP contribution in [0.5, 0.6) is 0 Å². The predicted molar refractivity (Wildman–Crippen MR) is 81.3 cm³/mol. The second-order valence-electron chi connectivity index (χ2n) is 4.56. The minimum atomic E-state index is -0.466. The molecule has 0 fully saturated rings. The van der Waals surface area contributed by atoms with Crippen LogP contribution in [-0.4, -0.2) is 16.8 Å². The molecule has 0 aliphatic carbocycles. The Morgan fingerprint density at radius 1 is 1.33 bits per heavy atom. The van der Waals surface area contributed by atoms with Gasteiger partial charge in [-0.15, -0.1) is 0 Å². The summed E-state index contributed by atoms with van der Waals surface area (Å²) >= 11 is 6.04. The third-order valence-electron chi connectivity index (χ3n) is 2.87. The Kier molecular flexibility index (Phi) is 4.55. The number of carbonyl (C=O) groups excluding carboxylic acids is 2. The van der Waals surface area contributed by atoms with E-state index in [1.165, 1.54) is 6.20 Å². The zero-order valence-electron chi connectivity index (χ0n) is 11.4. The average Bonchev–Trinajstić information content (AvgIpc) is 2.40. The standard InChI is InChI=1S/C15H14ClN3O2/c1-9-6-12(16)11(8-18-9)15(21)19-13-5-3-2-4-10(13)7-14(17)20/h2-6,8H,7H2,1H3,(H2,17,20)(H,19,21). The summed E-state index contributed by atoms with van der Waals surface area (Å²) in [5, 5.41) is 3.05. The quantitative estimate of drug-likeness (QED) is 0.909. The first kappa shape index (κ1) is 15.0. The Bertz CT molecular complexity index is 701. The summed E-state index contributed by atoms with van der Waals surface area (Å²) in [6.45, 7) is 1.79. The summed E-state index contributed by atoms with van der Waals surface area (Å²) in [4.78, 5) is 27.3. The zero-order chi connectivity index (χ0) is 15.4. The maximum absolute atomic E-state index is 12.2. The molecule has 5 nitrogen and oxygen atoms in total. The number of nitrogens with two attached hydrogens (primary N) is 1. The number of para-hydroxylation sites is 1. The van der Waals surface area contributed by atoms with Gasteiger partial charge >= 0.3 is 0 Å². The van der Waals surface area contributed by atoms with Crippen molar-refractivity contribution in [2.24, 2.45) is 5.73 Å². The number of benzene rings is 1. The lowest BCUT2D eigenvalue weighted by molar-refractivity contribution is -0.117. The minimum Gasteiger partial charge on any atom is -0.369 e. The van der Waals surface area contributed by atoms with Crippen LogP contribution in [0.1, 0.15) is 21.6 Å². The van der Waals surface area contributed by atoms with E-state index in [0.717, 1.165) is 5.69 Å². The van der Waals surface area contributed by atoms with Crippen LogP contribution in [0.3, 0.4) is 0 Å². The molecule has 0 saturated carbocycles. The number of anilines is 1. The molecule has 2 aromatic rings. The largest absolute Gasteiger partial charge is 0.369 e. The normalized spacial score (nSPS) is 10.2. The van der Waals surface area contributed by atoms with Gasteiger partial charge in [0.15, 0.2) is 0 Å². The Hall–Kier alpha value is -2.40. The number of hydrogen-bond acceptors (Lipinski definition) is 3. The fraction of sp³-hybridized carbons (Fsp3) is 0.133. The SMILES string of the molecule is Cc1cc(Cl)c(C(=O)Nc2ccccc2CC(N)=O)cn1. The summed E-state index contributed by atoms with van der Waals surface area (Å²) in [5.74, 6) is -0.851. The second-order valence-corrected chi connectivity index (χ2v) is 4.97. The number of aryl methyl sites for hydroxylation is 1. The van der Waals surface area contributed by atoms with E-state index in [1.54, 1.807) is 37.3 Å². The van der Waals surface area contributed by atoms with Gasteiger partial charge in [-0.1, -0.05) is 29.8 Å². The molecule has 0 atom stereocenters. The van der Waals surface area contributed by atoms with Crippen molar-refractivity contribution in [1.29, 1.82) is 0 Å². The molecule has 3 N–H and O–H groups in total. The van der Waals surface area contributed by atoms with Gasteiger partial charge in [0.2, 0.25) is 5.91 Å². The lowest BCUT2D eigenvalue weighted by atomic mass is 10.1. The number of pyridine rings is 1. The van der Waals surface area contributed by atoms with Gasteiger partial charge in [-0.25, -0.2) is 0 Å². The molecule has 0 aliphatic heterocycles. The lowest BCUT2D eigenvalue weighted by Gasteiger charge is -2.10. The van der Waals surface area contributed by atoms with Crippen molar-refractivity contribution in [1.82, 2.24) is 4.98 Å². The molecule has 108 valence electrons. The number of aromatic nitrogens is 1. The topological polar surface area (TPSA) is 85.1 Å². The molecule has 21 heavy (non-hydrogen) atoms. The van der Waals surface area contributed by atoms with E-state index in [9.17, 15) is 9.59 Å². The van der Waals surface area contributed by atoms with E-state index in [-0.39, 0.29) is 17.9 Å². The number of nitrogens with one attached hydrogen (secondary N) is 1. The Morgan fingerprint density at radius 2 is 2.05 bits per heavy atom. The Balaban J connectivity index is 2.25. The molecule has 1 aromatic heterocycles. The lowest BCUT2D eigenvalue weighted by Crippen LogP contribution is -2.18. The molecule has 0 radical (unpaired) electrons. The monoisotopic (exact) mass is 303 g/mol. The van der Waals surface area contributed by atoms with Gasteiger partial charge in [0.25, 0.3) is 5.91 Å². The first-order valence-electron chi connectivity index (χ1n) is 6.27. The van der Waals surface area contributed by atoms with Crippen molar-refractivity contribution in [3.05, 3.63) is 58.4 Å². The van der Waals surface area contributed by atoms with Gasteiger partial charge in [-0.3, -0.25) is 14.6 Å². The number of rotatable bonds is 4. The summed E-state index contributed by atoms with van der Waals surface area (Å²) in [6, 6.07) is 8.58. The van der Waals surface area contributed by atoms with Crippen LogP contribution in [0.4, 0.5) is 5.69 Å². The smallest absolute Gasteiger partial charge is 0.258 e. The first-order chi connectivity index (χ1) is 9.97. The van der Waals surface area contributed by atoms with Crippen LogP contribution in [0, 0.1) is 6.92 Å². The molecule has 2 rings (SSSR count). The summed E-state index contributed by atoms with van der Waals surface area (Å²) in [6.07, 6.45) is 1.47.